The van der Waals surface area contributed by atoms with Gasteiger partial charge in [-0.3, -0.25) is 20.0 Å². The third kappa shape index (κ3) is 4.44. The van der Waals surface area contributed by atoms with E-state index in [9.17, 15) is 9.59 Å². The molecule has 1 fully saturated rings. The van der Waals surface area contributed by atoms with E-state index >= 15 is 0 Å². The number of nitrogens with one attached hydrogen (secondary N) is 4. The molecular formula is C19H23N5O2. The van der Waals surface area contributed by atoms with E-state index in [1.807, 2.05) is 25.1 Å². The van der Waals surface area contributed by atoms with E-state index in [0.717, 1.165) is 11.1 Å². The number of benzene rings is 1. The van der Waals surface area contributed by atoms with Crippen molar-refractivity contribution >= 4 is 11.8 Å². The van der Waals surface area contributed by atoms with Crippen LogP contribution in [0, 0.1) is 12.8 Å². The highest BCUT2D eigenvalue weighted by molar-refractivity contribution is 5.93. The Morgan fingerprint density at radius 3 is 2.81 bits per heavy atom. The Labute approximate surface area is 152 Å². The summed E-state index contributed by atoms with van der Waals surface area (Å²) in [6.07, 6.45) is 3.13. The van der Waals surface area contributed by atoms with Crippen LogP contribution in [0.15, 0.2) is 48.8 Å². The minimum Gasteiger partial charge on any atom is -0.354 e. The van der Waals surface area contributed by atoms with Crippen molar-refractivity contribution in [2.24, 2.45) is 5.92 Å². The van der Waals surface area contributed by atoms with Gasteiger partial charge in [-0.25, -0.2) is 5.43 Å². The molecule has 1 aromatic carbocycles. The van der Waals surface area contributed by atoms with Crippen molar-refractivity contribution in [1.82, 2.24) is 26.5 Å². The Morgan fingerprint density at radius 1 is 1.19 bits per heavy atom. The van der Waals surface area contributed by atoms with Crippen LogP contribution in [0.25, 0.3) is 0 Å². The van der Waals surface area contributed by atoms with Crippen molar-refractivity contribution in [1.29, 1.82) is 0 Å². The van der Waals surface area contributed by atoms with Crippen molar-refractivity contribution < 1.29 is 9.59 Å². The van der Waals surface area contributed by atoms with Gasteiger partial charge in [0.05, 0.1) is 17.5 Å². The second-order valence-corrected chi connectivity index (χ2v) is 6.31. The summed E-state index contributed by atoms with van der Waals surface area (Å²) in [6, 6.07) is 11.5. The number of pyridine rings is 1. The van der Waals surface area contributed by atoms with Gasteiger partial charge in [-0.1, -0.05) is 29.8 Å². The van der Waals surface area contributed by atoms with E-state index in [4.69, 9.17) is 0 Å². The van der Waals surface area contributed by atoms with Crippen LogP contribution < -0.4 is 21.5 Å². The van der Waals surface area contributed by atoms with Gasteiger partial charge in [0.25, 0.3) is 5.91 Å². The quantitative estimate of drug-likeness (QED) is 0.574. The third-order valence-corrected chi connectivity index (χ3v) is 4.35. The van der Waals surface area contributed by atoms with Crippen LogP contribution in [-0.2, 0) is 4.79 Å². The van der Waals surface area contributed by atoms with Crippen LogP contribution in [0.2, 0.25) is 0 Å². The molecule has 2 aromatic rings. The molecule has 3 rings (SSSR count). The second-order valence-electron chi connectivity index (χ2n) is 6.31. The first-order valence-electron chi connectivity index (χ1n) is 8.66. The van der Waals surface area contributed by atoms with Gasteiger partial charge in [-0.05, 0) is 24.6 Å². The third-order valence-electron chi connectivity index (χ3n) is 4.35. The number of carbonyl (C=O) groups is 2. The lowest BCUT2D eigenvalue weighted by Crippen LogP contribution is -2.39. The first kappa shape index (κ1) is 18.0. The molecule has 2 atom stereocenters. The molecule has 1 aromatic heterocycles. The monoisotopic (exact) mass is 353 g/mol. The average Bonchev–Trinajstić information content (AvgIpc) is 3.15. The average molecular weight is 353 g/mol. The first-order valence-corrected chi connectivity index (χ1v) is 8.66. The van der Waals surface area contributed by atoms with Gasteiger partial charge in [-0.2, -0.15) is 0 Å². The fraction of sp³-hybridized carbons (Fsp3) is 0.316. The van der Waals surface area contributed by atoms with E-state index in [-0.39, 0.29) is 23.8 Å². The van der Waals surface area contributed by atoms with E-state index in [1.165, 1.54) is 6.20 Å². The lowest BCUT2D eigenvalue weighted by atomic mass is 9.93. The van der Waals surface area contributed by atoms with Crippen LogP contribution in [0.3, 0.4) is 0 Å². The molecule has 2 unspecified atom stereocenters. The molecule has 2 amide bonds. The van der Waals surface area contributed by atoms with Gasteiger partial charge < -0.3 is 10.6 Å². The second kappa shape index (κ2) is 8.55. The first-order chi connectivity index (χ1) is 12.6. The summed E-state index contributed by atoms with van der Waals surface area (Å²) in [7, 11) is 0. The topological polar surface area (TPSA) is 95.1 Å². The molecule has 4 N–H and O–H groups in total. The number of hydrogen-bond acceptors (Lipinski definition) is 5. The number of rotatable bonds is 6. The smallest absolute Gasteiger partial charge is 0.252 e. The summed E-state index contributed by atoms with van der Waals surface area (Å²) in [5.41, 5.74) is 8.98. The number of hydrogen-bond donors (Lipinski definition) is 4. The van der Waals surface area contributed by atoms with Crippen LogP contribution in [0.5, 0.6) is 0 Å². The number of nitrogens with zero attached hydrogens (tertiary/aromatic N) is 1. The van der Waals surface area contributed by atoms with Crippen LogP contribution >= 0.6 is 0 Å². The van der Waals surface area contributed by atoms with Crippen molar-refractivity contribution in [2.75, 3.05) is 19.6 Å². The fourth-order valence-electron chi connectivity index (χ4n) is 3.01. The largest absolute Gasteiger partial charge is 0.354 e. The van der Waals surface area contributed by atoms with Crippen LogP contribution in [0.4, 0.5) is 0 Å². The number of aromatic nitrogens is 1. The molecule has 1 aliphatic rings. The maximum atomic E-state index is 12.5. The molecule has 1 saturated heterocycles. The molecule has 0 bridgehead atoms. The molecule has 7 heteroatoms. The minimum absolute atomic E-state index is 0.0374. The molecule has 136 valence electrons. The summed E-state index contributed by atoms with van der Waals surface area (Å²) in [5.74, 6) is -0.440. The summed E-state index contributed by atoms with van der Waals surface area (Å²) in [5, 5.41) is 5.67. The minimum atomic E-state index is -0.203. The zero-order chi connectivity index (χ0) is 18.4. The van der Waals surface area contributed by atoms with Crippen molar-refractivity contribution in [3.05, 3.63) is 65.5 Å². The van der Waals surface area contributed by atoms with E-state index in [2.05, 4.69) is 32.5 Å². The van der Waals surface area contributed by atoms with E-state index < -0.39 is 0 Å². The number of hydrazine groups is 1. The standard InChI is InChI=1S/C19H23N5O2/c1-13-4-2-5-14(10-13)17-16(12-23-24-17)19(26)22-9-8-21-18(25)15-6-3-7-20-11-15/h2-7,10-11,16-17,23-24H,8-9,12H2,1H3,(H,21,25)(H,22,26). The lowest BCUT2D eigenvalue weighted by Gasteiger charge is -2.19. The Hall–Kier alpha value is -2.77. The molecule has 0 spiro atoms. The number of amides is 2. The Kier molecular flexibility index (Phi) is 5.93. The highest BCUT2D eigenvalue weighted by atomic mass is 16.2. The molecule has 0 aliphatic carbocycles. The zero-order valence-corrected chi connectivity index (χ0v) is 14.7. The van der Waals surface area contributed by atoms with Gasteiger partial charge in [0, 0.05) is 32.0 Å². The van der Waals surface area contributed by atoms with Gasteiger partial charge >= 0.3 is 0 Å². The molecule has 0 saturated carbocycles. The lowest BCUT2D eigenvalue weighted by molar-refractivity contribution is -0.124. The van der Waals surface area contributed by atoms with E-state index in [1.54, 1.807) is 18.3 Å². The summed E-state index contributed by atoms with van der Waals surface area (Å²) in [6.45, 7) is 3.34. The zero-order valence-electron chi connectivity index (χ0n) is 14.7. The summed E-state index contributed by atoms with van der Waals surface area (Å²) in [4.78, 5) is 28.4. The maximum Gasteiger partial charge on any atom is 0.252 e. The highest BCUT2D eigenvalue weighted by Crippen LogP contribution is 2.25. The SMILES string of the molecule is Cc1cccc(C2NNCC2C(=O)NCCNC(=O)c2cccnc2)c1. The van der Waals surface area contributed by atoms with Crippen molar-refractivity contribution in [3.8, 4) is 0 Å². The molecule has 0 radical (unpaired) electrons. The molecular weight excluding hydrogens is 330 g/mol. The van der Waals surface area contributed by atoms with Gasteiger partial charge in [0.2, 0.25) is 5.91 Å². The fourth-order valence-corrected chi connectivity index (χ4v) is 3.01. The predicted molar refractivity (Wildman–Crippen MR) is 98.1 cm³/mol. The molecule has 1 aliphatic heterocycles. The summed E-state index contributed by atoms with van der Waals surface area (Å²) < 4.78 is 0. The van der Waals surface area contributed by atoms with Crippen LogP contribution in [-0.4, -0.2) is 36.4 Å². The Bertz CT molecular complexity index is 766. The number of carbonyl (C=O) groups excluding carboxylic acids is 2. The Morgan fingerprint density at radius 2 is 2.04 bits per heavy atom. The number of aryl methyl sites for hydroxylation is 1. The van der Waals surface area contributed by atoms with Crippen molar-refractivity contribution in [2.45, 2.75) is 13.0 Å². The molecule has 7 nitrogen and oxygen atoms in total. The molecule has 26 heavy (non-hydrogen) atoms. The highest BCUT2D eigenvalue weighted by Gasteiger charge is 2.33. The van der Waals surface area contributed by atoms with Gasteiger partial charge in [0.1, 0.15) is 0 Å². The van der Waals surface area contributed by atoms with Gasteiger partial charge in [-0.15, -0.1) is 0 Å². The van der Waals surface area contributed by atoms with E-state index in [0.29, 0.717) is 25.2 Å². The van der Waals surface area contributed by atoms with Crippen molar-refractivity contribution in [3.63, 3.8) is 0 Å². The molecule has 2 heterocycles. The Balaban J connectivity index is 1.48. The maximum absolute atomic E-state index is 12.5. The normalized spacial score (nSPS) is 19.1. The van der Waals surface area contributed by atoms with Crippen LogP contribution in [0.1, 0.15) is 27.5 Å². The predicted octanol–water partition coefficient (Wildman–Crippen LogP) is 0.701. The summed E-state index contributed by atoms with van der Waals surface area (Å²) >= 11 is 0. The van der Waals surface area contributed by atoms with Gasteiger partial charge in [0.15, 0.2) is 0 Å².